The second-order valence-corrected chi connectivity index (χ2v) is 4.82. The molecule has 21 heavy (non-hydrogen) atoms. The van der Waals surface area contributed by atoms with Crippen molar-refractivity contribution in [2.24, 2.45) is 0 Å². The lowest BCUT2D eigenvalue weighted by Gasteiger charge is -2.09. The first-order chi connectivity index (χ1) is 10.3. The summed E-state index contributed by atoms with van der Waals surface area (Å²) >= 11 is 0. The predicted molar refractivity (Wildman–Crippen MR) is 86.3 cm³/mol. The summed E-state index contributed by atoms with van der Waals surface area (Å²) in [4.78, 5) is 13.7. The highest BCUT2D eigenvalue weighted by molar-refractivity contribution is 5.92. The Kier molecular flexibility index (Phi) is 3.77. The van der Waals surface area contributed by atoms with Crippen molar-refractivity contribution in [1.82, 2.24) is 15.0 Å². The number of nitrogens with one attached hydrogen (secondary N) is 1. The molecule has 106 valence electrons. The van der Waals surface area contributed by atoms with Crippen molar-refractivity contribution < 1.29 is 0 Å². The number of nitrogens with zero attached hydrogens (tertiary/aromatic N) is 3. The van der Waals surface area contributed by atoms with Gasteiger partial charge in [0.25, 0.3) is 0 Å². The van der Waals surface area contributed by atoms with Crippen molar-refractivity contribution in [1.29, 1.82) is 0 Å². The van der Waals surface area contributed by atoms with Gasteiger partial charge in [-0.25, -0.2) is 9.97 Å². The van der Waals surface area contributed by atoms with E-state index in [1.807, 2.05) is 24.4 Å². The zero-order valence-electron chi connectivity index (χ0n) is 12.3. The molecule has 3 rings (SSSR count). The van der Waals surface area contributed by atoms with Crippen LogP contribution >= 0.6 is 0 Å². The molecule has 0 bridgehead atoms. The van der Waals surface area contributed by atoms with Crippen molar-refractivity contribution in [3.05, 3.63) is 48.4 Å². The minimum atomic E-state index is 0.810. The van der Waals surface area contributed by atoms with Gasteiger partial charge in [0.2, 0.25) is 0 Å². The minimum Gasteiger partial charge on any atom is -0.370 e. The van der Waals surface area contributed by atoms with E-state index >= 15 is 0 Å². The van der Waals surface area contributed by atoms with E-state index in [-0.39, 0.29) is 0 Å². The van der Waals surface area contributed by atoms with Crippen LogP contribution in [0.15, 0.2) is 42.6 Å². The first-order valence-corrected chi connectivity index (χ1v) is 7.27. The molecule has 1 aromatic carbocycles. The van der Waals surface area contributed by atoms with Gasteiger partial charge < -0.3 is 5.32 Å². The van der Waals surface area contributed by atoms with Crippen LogP contribution in [0.5, 0.6) is 0 Å². The van der Waals surface area contributed by atoms with Gasteiger partial charge in [0.1, 0.15) is 11.6 Å². The Morgan fingerprint density at radius 2 is 1.90 bits per heavy atom. The highest BCUT2D eigenvalue weighted by Crippen LogP contribution is 2.27. The molecule has 1 N–H and O–H groups in total. The number of rotatable bonds is 4. The van der Waals surface area contributed by atoms with E-state index in [1.165, 1.54) is 0 Å². The summed E-state index contributed by atoms with van der Waals surface area (Å²) in [5.74, 6) is 1.71. The van der Waals surface area contributed by atoms with Gasteiger partial charge in [0, 0.05) is 36.2 Å². The normalized spacial score (nSPS) is 10.8. The van der Waals surface area contributed by atoms with Crippen molar-refractivity contribution >= 4 is 16.7 Å². The lowest BCUT2D eigenvalue weighted by molar-refractivity contribution is 0.940. The van der Waals surface area contributed by atoms with Gasteiger partial charge >= 0.3 is 0 Å². The summed E-state index contributed by atoms with van der Waals surface area (Å²) in [5.41, 5.74) is 2.94. The van der Waals surface area contributed by atoms with E-state index in [2.05, 4.69) is 52.3 Å². The van der Waals surface area contributed by atoms with E-state index in [4.69, 9.17) is 0 Å². The summed E-state index contributed by atoms with van der Waals surface area (Å²) in [7, 11) is 0. The number of aromatic nitrogens is 3. The molecule has 2 heterocycles. The van der Waals surface area contributed by atoms with Gasteiger partial charge in [0.15, 0.2) is 0 Å². The number of pyridine rings is 1. The van der Waals surface area contributed by atoms with Gasteiger partial charge in [-0.3, -0.25) is 4.98 Å². The topological polar surface area (TPSA) is 50.7 Å². The molecule has 0 saturated carbocycles. The van der Waals surface area contributed by atoms with Crippen molar-refractivity contribution in [2.45, 2.75) is 20.3 Å². The number of hydrogen-bond acceptors (Lipinski definition) is 4. The highest BCUT2D eigenvalue weighted by Gasteiger charge is 2.09. The molecule has 0 unspecified atom stereocenters. The van der Waals surface area contributed by atoms with Crippen LogP contribution in [0, 0.1) is 0 Å². The Morgan fingerprint density at radius 3 is 2.71 bits per heavy atom. The fourth-order valence-electron chi connectivity index (χ4n) is 2.38. The molecular weight excluding hydrogens is 260 g/mol. The molecule has 3 aromatic rings. The quantitative estimate of drug-likeness (QED) is 0.791. The molecule has 4 heteroatoms. The van der Waals surface area contributed by atoms with Crippen molar-refractivity contribution in [3.63, 3.8) is 0 Å². The van der Waals surface area contributed by atoms with Gasteiger partial charge in [-0.05, 0) is 13.0 Å². The van der Waals surface area contributed by atoms with Crippen LogP contribution in [0.3, 0.4) is 0 Å². The smallest absolute Gasteiger partial charge is 0.131 e. The molecule has 0 saturated heterocycles. The van der Waals surface area contributed by atoms with Gasteiger partial charge in [-0.15, -0.1) is 0 Å². The standard InChI is InChI=1S/C17H18N4/c1-3-15-20-14(11-16(21-15)18-4-2)13-9-5-7-12-8-6-10-19-17(12)13/h5-11H,3-4H2,1-2H3,(H,18,20,21). The Bertz CT molecular complexity index is 762. The lowest BCUT2D eigenvalue weighted by atomic mass is 10.1. The monoisotopic (exact) mass is 278 g/mol. The number of benzene rings is 1. The summed E-state index contributed by atoms with van der Waals surface area (Å²) in [6.07, 6.45) is 2.63. The number of aryl methyl sites for hydroxylation is 1. The molecule has 0 spiro atoms. The Labute approximate surface area is 124 Å². The fourth-order valence-corrected chi connectivity index (χ4v) is 2.38. The summed E-state index contributed by atoms with van der Waals surface area (Å²) in [6.45, 7) is 4.97. The second kappa shape index (κ2) is 5.87. The molecule has 0 fully saturated rings. The second-order valence-electron chi connectivity index (χ2n) is 4.82. The predicted octanol–water partition coefficient (Wildman–Crippen LogP) is 3.69. The third-order valence-corrected chi connectivity index (χ3v) is 3.36. The van der Waals surface area contributed by atoms with Crippen molar-refractivity contribution in [3.8, 4) is 11.3 Å². The van der Waals surface area contributed by atoms with Crippen LogP contribution < -0.4 is 5.32 Å². The molecule has 0 aliphatic carbocycles. The molecule has 0 amide bonds. The van der Waals surface area contributed by atoms with Gasteiger partial charge in [-0.2, -0.15) is 0 Å². The minimum absolute atomic E-state index is 0.810. The first kappa shape index (κ1) is 13.5. The third-order valence-electron chi connectivity index (χ3n) is 3.36. The molecule has 4 nitrogen and oxygen atoms in total. The van der Waals surface area contributed by atoms with Crippen LogP contribution in [-0.4, -0.2) is 21.5 Å². The molecule has 2 aromatic heterocycles. The summed E-state index contributed by atoms with van der Waals surface area (Å²) < 4.78 is 0. The third kappa shape index (κ3) is 2.70. The SMILES string of the molecule is CCNc1cc(-c2cccc3cccnc23)nc(CC)n1. The summed E-state index contributed by atoms with van der Waals surface area (Å²) in [5, 5.41) is 4.39. The Balaban J connectivity index is 2.20. The largest absolute Gasteiger partial charge is 0.370 e. The van der Waals surface area contributed by atoms with Crippen LogP contribution in [0.4, 0.5) is 5.82 Å². The number of hydrogen-bond donors (Lipinski definition) is 1. The maximum absolute atomic E-state index is 4.66. The van der Waals surface area contributed by atoms with Crippen LogP contribution in [0.25, 0.3) is 22.2 Å². The van der Waals surface area contributed by atoms with Crippen LogP contribution in [0.2, 0.25) is 0 Å². The van der Waals surface area contributed by atoms with E-state index < -0.39 is 0 Å². The van der Waals surface area contributed by atoms with Crippen LogP contribution in [-0.2, 0) is 6.42 Å². The average molecular weight is 278 g/mol. The maximum atomic E-state index is 4.66. The number of anilines is 1. The zero-order chi connectivity index (χ0) is 14.7. The average Bonchev–Trinajstić information content (AvgIpc) is 2.54. The Morgan fingerprint density at radius 1 is 1.05 bits per heavy atom. The van der Waals surface area contributed by atoms with E-state index in [0.717, 1.165) is 46.8 Å². The van der Waals surface area contributed by atoms with E-state index in [0.29, 0.717) is 0 Å². The highest BCUT2D eigenvalue weighted by atomic mass is 15.0. The zero-order valence-corrected chi connectivity index (χ0v) is 12.3. The lowest BCUT2D eigenvalue weighted by Crippen LogP contribution is -2.04. The fraction of sp³-hybridized carbons (Fsp3) is 0.235. The molecular formula is C17H18N4. The first-order valence-electron chi connectivity index (χ1n) is 7.27. The van der Waals surface area contributed by atoms with Crippen molar-refractivity contribution in [2.75, 3.05) is 11.9 Å². The van der Waals surface area contributed by atoms with E-state index in [9.17, 15) is 0 Å². The molecule has 0 aliphatic heterocycles. The van der Waals surface area contributed by atoms with E-state index in [1.54, 1.807) is 0 Å². The molecule has 0 aliphatic rings. The summed E-state index contributed by atoms with van der Waals surface area (Å²) in [6, 6.07) is 12.2. The number of fused-ring (bicyclic) bond motifs is 1. The van der Waals surface area contributed by atoms with Crippen LogP contribution in [0.1, 0.15) is 19.7 Å². The van der Waals surface area contributed by atoms with Gasteiger partial charge in [0.05, 0.1) is 11.2 Å². The molecule has 0 atom stereocenters. The maximum Gasteiger partial charge on any atom is 0.131 e. The van der Waals surface area contributed by atoms with Gasteiger partial charge in [-0.1, -0.05) is 31.2 Å². The Hall–Kier alpha value is -2.49. The molecule has 0 radical (unpaired) electrons. The number of para-hydroxylation sites is 1.